The summed E-state index contributed by atoms with van der Waals surface area (Å²) in [5, 5.41) is 1.96. The van der Waals surface area contributed by atoms with Crippen LogP contribution in [0.4, 0.5) is 0 Å². The summed E-state index contributed by atoms with van der Waals surface area (Å²) in [6.07, 6.45) is -0.644. The van der Waals surface area contributed by atoms with Gasteiger partial charge in [-0.05, 0) is 42.3 Å². The van der Waals surface area contributed by atoms with Gasteiger partial charge in [0.1, 0.15) is 5.75 Å². The largest absolute Gasteiger partial charge is 0.497 e. The number of esters is 1. The van der Waals surface area contributed by atoms with Gasteiger partial charge in [-0.15, -0.1) is 0 Å². The monoisotopic (exact) mass is 352 g/mol. The number of rotatable bonds is 7. The molecule has 2 atom stereocenters. The van der Waals surface area contributed by atoms with E-state index in [9.17, 15) is 14.3 Å². The van der Waals surface area contributed by atoms with Gasteiger partial charge < -0.3 is 18.9 Å². The lowest BCUT2D eigenvalue weighted by atomic mass is 9.98. The Morgan fingerprint density at radius 2 is 1.88 bits per heavy atom. The first-order valence-corrected chi connectivity index (χ1v) is 9.33. The van der Waals surface area contributed by atoms with Crippen LogP contribution in [0.2, 0.25) is 0 Å². The van der Waals surface area contributed by atoms with Crippen LogP contribution in [0, 0.1) is 0 Å². The number of benzene rings is 2. The predicted molar refractivity (Wildman–Crippen MR) is 91.3 cm³/mol. The molecule has 6 nitrogen and oxygen atoms in total. The van der Waals surface area contributed by atoms with Gasteiger partial charge in [-0.2, -0.15) is 0 Å². The van der Waals surface area contributed by atoms with Crippen molar-refractivity contribution in [2.45, 2.75) is 19.8 Å². The molecule has 0 aromatic heterocycles. The van der Waals surface area contributed by atoms with Crippen LogP contribution in [0.1, 0.15) is 25.3 Å². The number of ether oxygens (including phenoxy) is 2. The Kier molecular flexibility index (Phi) is 5.99. The highest BCUT2D eigenvalue weighted by molar-refractivity contribution is 7.52. The fourth-order valence-corrected chi connectivity index (χ4v) is 3.05. The van der Waals surface area contributed by atoms with Gasteiger partial charge in [0.2, 0.25) is 0 Å². The second-order valence-corrected chi connectivity index (χ2v) is 7.13. The number of methoxy groups -OCH3 is 1. The van der Waals surface area contributed by atoms with Crippen molar-refractivity contribution < 1.29 is 28.3 Å². The van der Waals surface area contributed by atoms with E-state index in [4.69, 9.17) is 9.47 Å². The van der Waals surface area contributed by atoms with Crippen molar-refractivity contribution in [1.82, 2.24) is 0 Å². The Morgan fingerprint density at radius 1 is 1.21 bits per heavy atom. The summed E-state index contributed by atoms with van der Waals surface area (Å²) in [5.41, 5.74) is 0.766. The minimum Gasteiger partial charge on any atom is -0.497 e. The molecule has 130 valence electrons. The van der Waals surface area contributed by atoms with Crippen molar-refractivity contribution in [2.24, 2.45) is 0 Å². The fourth-order valence-electron chi connectivity index (χ4n) is 2.28. The van der Waals surface area contributed by atoms with Gasteiger partial charge in [0.05, 0.1) is 19.6 Å². The molecular weight excluding hydrogens is 331 g/mol. The number of fused-ring (bicyclic) bond motifs is 1. The molecule has 0 saturated carbocycles. The van der Waals surface area contributed by atoms with E-state index in [1.54, 1.807) is 21.0 Å². The van der Waals surface area contributed by atoms with Crippen LogP contribution in [0.25, 0.3) is 10.8 Å². The second-order valence-electron chi connectivity index (χ2n) is 5.34. The van der Waals surface area contributed by atoms with E-state index in [1.807, 2.05) is 36.4 Å². The summed E-state index contributed by atoms with van der Waals surface area (Å²) in [6.45, 7) is 3.36. The molecule has 0 heterocycles. The molecule has 0 aliphatic heterocycles. The van der Waals surface area contributed by atoms with Gasteiger partial charge in [0.15, 0.2) is 6.35 Å². The molecule has 0 spiro atoms. The maximum Gasteiger partial charge on any atom is 0.365 e. The zero-order chi connectivity index (χ0) is 17.7. The van der Waals surface area contributed by atoms with Crippen LogP contribution in [0.3, 0.4) is 0 Å². The second kappa shape index (κ2) is 7.79. The lowest BCUT2D eigenvalue weighted by molar-refractivity contribution is -0.143. The Bertz CT molecular complexity index is 773. The first-order valence-electron chi connectivity index (χ1n) is 7.57. The molecule has 0 bridgehead atoms. The van der Waals surface area contributed by atoms with E-state index in [0.29, 0.717) is 0 Å². The SMILES string of the molecule is CCOP(=O)(O)COC(=O)[C@@H](C)c1ccc2cc(OC)ccc2c1. The quantitative estimate of drug-likeness (QED) is 0.605. The molecule has 0 fully saturated rings. The smallest absolute Gasteiger partial charge is 0.365 e. The third-order valence-electron chi connectivity index (χ3n) is 3.63. The molecule has 0 aliphatic rings. The minimum absolute atomic E-state index is 0.0784. The molecule has 0 radical (unpaired) electrons. The highest BCUT2D eigenvalue weighted by atomic mass is 31.2. The average Bonchev–Trinajstić information content (AvgIpc) is 2.58. The Labute approximate surface area is 140 Å². The molecule has 7 heteroatoms. The minimum atomic E-state index is -3.88. The molecule has 0 amide bonds. The zero-order valence-corrected chi connectivity index (χ0v) is 14.8. The number of carbonyl (C=O) groups is 1. The summed E-state index contributed by atoms with van der Waals surface area (Å²) >= 11 is 0. The summed E-state index contributed by atoms with van der Waals surface area (Å²) in [6, 6.07) is 11.3. The van der Waals surface area contributed by atoms with E-state index in [-0.39, 0.29) is 6.61 Å². The number of carbonyl (C=O) groups excluding carboxylic acids is 1. The lowest BCUT2D eigenvalue weighted by Gasteiger charge is -2.15. The van der Waals surface area contributed by atoms with E-state index in [0.717, 1.165) is 22.1 Å². The van der Waals surface area contributed by atoms with E-state index >= 15 is 0 Å². The topological polar surface area (TPSA) is 82.1 Å². The van der Waals surface area contributed by atoms with Crippen molar-refractivity contribution >= 4 is 24.3 Å². The summed E-state index contributed by atoms with van der Waals surface area (Å²) in [7, 11) is -2.28. The van der Waals surface area contributed by atoms with Crippen molar-refractivity contribution in [1.29, 1.82) is 0 Å². The Morgan fingerprint density at radius 3 is 2.54 bits per heavy atom. The maximum absolute atomic E-state index is 12.1. The van der Waals surface area contributed by atoms with Crippen LogP contribution >= 0.6 is 7.60 Å². The van der Waals surface area contributed by atoms with Crippen LogP contribution in [-0.4, -0.2) is 30.9 Å². The maximum atomic E-state index is 12.1. The fraction of sp³-hybridized carbons (Fsp3) is 0.353. The van der Waals surface area contributed by atoms with Crippen molar-refractivity contribution in [2.75, 3.05) is 20.1 Å². The summed E-state index contributed by atoms with van der Waals surface area (Å²) in [5.74, 6) is -0.368. The first-order chi connectivity index (χ1) is 11.4. The van der Waals surface area contributed by atoms with Gasteiger partial charge in [0.25, 0.3) is 0 Å². The summed E-state index contributed by atoms with van der Waals surface area (Å²) in [4.78, 5) is 21.6. The molecule has 24 heavy (non-hydrogen) atoms. The third-order valence-corrected chi connectivity index (χ3v) is 4.74. The standard InChI is InChI=1S/C17H21O6P/c1-4-23-24(19,20)11-22-17(18)12(2)13-5-6-15-10-16(21-3)8-7-14(15)9-13/h5-10,12H,4,11H2,1-3H3,(H,19,20)/t12-/m0/s1. The Hall–Kier alpha value is -1.88. The third kappa shape index (κ3) is 4.57. The van der Waals surface area contributed by atoms with Gasteiger partial charge in [-0.25, -0.2) is 0 Å². The average molecular weight is 352 g/mol. The lowest BCUT2D eigenvalue weighted by Crippen LogP contribution is -2.14. The van der Waals surface area contributed by atoms with Crippen molar-refractivity contribution in [3.63, 3.8) is 0 Å². The predicted octanol–water partition coefficient (Wildman–Crippen LogP) is 3.67. The van der Waals surface area contributed by atoms with Gasteiger partial charge in [-0.1, -0.05) is 24.3 Å². The molecule has 2 aromatic carbocycles. The highest BCUT2D eigenvalue weighted by Gasteiger charge is 2.24. The first kappa shape index (κ1) is 18.5. The van der Waals surface area contributed by atoms with Crippen LogP contribution in [0.15, 0.2) is 36.4 Å². The van der Waals surface area contributed by atoms with E-state index < -0.39 is 25.8 Å². The molecule has 1 N–H and O–H groups in total. The molecule has 0 aliphatic carbocycles. The van der Waals surface area contributed by atoms with Gasteiger partial charge >= 0.3 is 13.6 Å². The molecule has 1 unspecified atom stereocenters. The van der Waals surface area contributed by atoms with E-state index in [2.05, 4.69) is 4.52 Å². The van der Waals surface area contributed by atoms with Crippen LogP contribution < -0.4 is 4.74 Å². The molecule has 0 saturated heterocycles. The van der Waals surface area contributed by atoms with Crippen molar-refractivity contribution in [3.05, 3.63) is 42.0 Å². The highest BCUT2D eigenvalue weighted by Crippen LogP contribution is 2.41. The van der Waals surface area contributed by atoms with E-state index in [1.165, 1.54) is 0 Å². The normalized spacial score (nSPS) is 14.8. The Balaban J connectivity index is 2.11. The van der Waals surface area contributed by atoms with Crippen LogP contribution in [0.5, 0.6) is 5.75 Å². The zero-order valence-electron chi connectivity index (χ0n) is 13.9. The van der Waals surface area contributed by atoms with Crippen molar-refractivity contribution in [3.8, 4) is 5.75 Å². The number of hydrogen-bond acceptors (Lipinski definition) is 5. The molecular formula is C17H21O6P. The summed E-state index contributed by atoms with van der Waals surface area (Å²) < 4.78 is 26.3. The molecule has 2 rings (SSSR count). The van der Waals surface area contributed by atoms with Gasteiger partial charge in [0, 0.05) is 0 Å². The van der Waals surface area contributed by atoms with Crippen LogP contribution in [-0.2, 0) is 18.6 Å². The number of hydrogen-bond donors (Lipinski definition) is 1. The molecule has 2 aromatic rings. The van der Waals surface area contributed by atoms with Gasteiger partial charge in [-0.3, -0.25) is 9.36 Å².